The predicted octanol–water partition coefficient (Wildman–Crippen LogP) is 2.60. The Bertz CT molecular complexity index is 616. The molecule has 106 valence electrons. The van der Waals surface area contributed by atoms with E-state index in [2.05, 4.69) is 10.3 Å². The zero-order valence-electron chi connectivity index (χ0n) is 10.7. The third-order valence-corrected chi connectivity index (χ3v) is 3.53. The molecule has 0 spiro atoms. The van der Waals surface area contributed by atoms with E-state index >= 15 is 0 Å². The number of fused-ring (bicyclic) bond motifs is 1. The highest BCUT2D eigenvalue weighted by Crippen LogP contribution is 2.32. The maximum Gasteiger partial charge on any atom is 0.416 e. The van der Waals surface area contributed by atoms with Gasteiger partial charge in [-0.2, -0.15) is 13.2 Å². The minimum absolute atomic E-state index is 0.206. The smallest absolute Gasteiger partial charge is 0.330 e. The summed E-state index contributed by atoms with van der Waals surface area (Å²) in [4.78, 5) is 4.26. The molecule has 0 bridgehead atoms. The van der Waals surface area contributed by atoms with Crippen molar-refractivity contribution in [3.8, 4) is 0 Å². The van der Waals surface area contributed by atoms with Crippen LogP contribution in [0.4, 0.5) is 13.2 Å². The molecule has 0 saturated carbocycles. The molecule has 2 heterocycles. The van der Waals surface area contributed by atoms with Crippen LogP contribution in [0.3, 0.4) is 0 Å². The van der Waals surface area contributed by atoms with Crippen molar-refractivity contribution in [2.45, 2.75) is 25.7 Å². The van der Waals surface area contributed by atoms with Gasteiger partial charge in [-0.1, -0.05) is 18.2 Å². The van der Waals surface area contributed by atoms with Gasteiger partial charge in [-0.25, -0.2) is 4.98 Å². The van der Waals surface area contributed by atoms with Crippen LogP contribution in [-0.4, -0.2) is 16.1 Å². The van der Waals surface area contributed by atoms with Crippen molar-refractivity contribution >= 4 is 0 Å². The Morgan fingerprint density at radius 2 is 2.05 bits per heavy atom. The molecular weight excluding hydrogens is 267 g/mol. The van der Waals surface area contributed by atoms with Gasteiger partial charge in [0.2, 0.25) is 0 Å². The van der Waals surface area contributed by atoms with Crippen LogP contribution in [0.5, 0.6) is 0 Å². The van der Waals surface area contributed by atoms with E-state index < -0.39 is 11.7 Å². The highest BCUT2D eigenvalue weighted by molar-refractivity contribution is 5.30. The first-order chi connectivity index (χ1) is 9.55. The molecule has 6 heteroatoms. The van der Waals surface area contributed by atoms with Gasteiger partial charge in [-0.3, -0.25) is 0 Å². The molecule has 0 radical (unpaired) electrons. The second kappa shape index (κ2) is 4.94. The molecule has 3 rings (SSSR count). The molecular formula is C14H14F3N3. The molecule has 1 aromatic carbocycles. The summed E-state index contributed by atoms with van der Waals surface area (Å²) < 4.78 is 40.8. The maximum absolute atomic E-state index is 13.0. The fourth-order valence-corrected chi connectivity index (χ4v) is 2.55. The fraction of sp³-hybridized carbons (Fsp3) is 0.357. The lowest BCUT2D eigenvalue weighted by atomic mass is 10.1. The number of hydrogen-bond donors (Lipinski definition) is 1. The number of alkyl halides is 3. The summed E-state index contributed by atoms with van der Waals surface area (Å²) >= 11 is 0. The Labute approximate surface area is 114 Å². The molecule has 20 heavy (non-hydrogen) atoms. The van der Waals surface area contributed by atoms with Gasteiger partial charge in [0, 0.05) is 31.7 Å². The maximum atomic E-state index is 13.0. The van der Waals surface area contributed by atoms with E-state index in [-0.39, 0.29) is 12.1 Å². The highest BCUT2D eigenvalue weighted by atomic mass is 19.4. The van der Waals surface area contributed by atoms with Crippen LogP contribution >= 0.6 is 0 Å². The topological polar surface area (TPSA) is 29.9 Å². The first-order valence-corrected chi connectivity index (χ1v) is 6.44. The third-order valence-electron chi connectivity index (χ3n) is 3.53. The van der Waals surface area contributed by atoms with Crippen molar-refractivity contribution < 1.29 is 13.2 Å². The summed E-state index contributed by atoms with van der Waals surface area (Å²) in [6, 6.07) is 5.70. The van der Waals surface area contributed by atoms with E-state index in [0.717, 1.165) is 30.4 Å². The van der Waals surface area contributed by atoms with Gasteiger partial charge < -0.3 is 9.88 Å². The summed E-state index contributed by atoms with van der Waals surface area (Å²) in [6.07, 6.45) is -1.90. The second-order valence-electron chi connectivity index (χ2n) is 4.85. The first-order valence-electron chi connectivity index (χ1n) is 6.44. The van der Waals surface area contributed by atoms with Gasteiger partial charge in [0.1, 0.15) is 0 Å². The van der Waals surface area contributed by atoms with Gasteiger partial charge >= 0.3 is 6.18 Å². The molecule has 0 fully saturated rings. The summed E-state index contributed by atoms with van der Waals surface area (Å²) in [5.74, 6) is 0. The number of nitrogens with one attached hydrogen (secondary N) is 1. The number of halogens is 3. The van der Waals surface area contributed by atoms with Crippen LogP contribution < -0.4 is 5.32 Å². The second-order valence-corrected chi connectivity index (χ2v) is 4.85. The van der Waals surface area contributed by atoms with Crippen LogP contribution in [-0.2, 0) is 25.7 Å². The molecule has 1 N–H and O–H groups in total. The van der Waals surface area contributed by atoms with Gasteiger partial charge in [0.05, 0.1) is 17.6 Å². The van der Waals surface area contributed by atoms with E-state index in [1.807, 2.05) is 4.57 Å². The van der Waals surface area contributed by atoms with Crippen LogP contribution in [0.1, 0.15) is 22.5 Å². The van der Waals surface area contributed by atoms with Crippen LogP contribution in [0, 0.1) is 0 Å². The van der Waals surface area contributed by atoms with Crippen molar-refractivity contribution in [3.63, 3.8) is 0 Å². The molecule has 1 aliphatic rings. The standard InChI is InChI=1S/C14H14F3N3/c15-14(16,17)11-4-2-1-3-10(11)8-20-9-19-12-7-18-6-5-13(12)20/h1-4,9,18H,5-8H2. The molecule has 0 aliphatic carbocycles. The lowest BCUT2D eigenvalue weighted by Gasteiger charge is -2.17. The Balaban J connectivity index is 1.94. The molecule has 1 aliphatic heterocycles. The predicted molar refractivity (Wildman–Crippen MR) is 68.2 cm³/mol. The number of benzene rings is 1. The van der Waals surface area contributed by atoms with Crippen LogP contribution in [0.15, 0.2) is 30.6 Å². The van der Waals surface area contributed by atoms with E-state index in [1.54, 1.807) is 12.4 Å². The minimum Gasteiger partial charge on any atom is -0.330 e. The van der Waals surface area contributed by atoms with Gasteiger partial charge in [0.15, 0.2) is 0 Å². The Kier molecular flexibility index (Phi) is 3.25. The normalized spacial score (nSPS) is 15.2. The van der Waals surface area contributed by atoms with Gasteiger partial charge in [-0.15, -0.1) is 0 Å². The SMILES string of the molecule is FC(F)(F)c1ccccc1Cn1cnc2c1CCNC2. The minimum atomic E-state index is -4.32. The Morgan fingerprint density at radius 1 is 1.25 bits per heavy atom. The van der Waals surface area contributed by atoms with Crippen molar-refractivity contribution in [2.75, 3.05) is 6.54 Å². The number of hydrogen-bond acceptors (Lipinski definition) is 2. The Morgan fingerprint density at radius 3 is 2.85 bits per heavy atom. The number of imidazole rings is 1. The lowest BCUT2D eigenvalue weighted by Crippen LogP contribution is -2.25. The van der Waals surface area contributed by atoms with Crippen molar-refractivity contribution in [3.05, 3.63) is 53.1 Å². The van der Waals surface area contributed by atoms with Gasteiger partial charge in [-0.05, 0) is 11.6 Å². The van der Waals surface area contributed by atoms with Crippen molar-refractivity contribution in [1.29, 1.82) is 0 Å². The number of rotatable bonds is 2. The summed E-state index contributed by atoms with van der Waals surface area (Å²) in [5.41, 5.74) is 1.66. The fourth-order valence-electron chi connectivity index (χ4n) is 2.55. The zero-order valence-corrected chi connectivity index (χ0v) is 10.7. The van der Waals surface area contributed by atoms with Crippen LogP contribution in [0.2, 0.25) is 0 Å². The molecule has 0 saturated heterocycles. The van der Waals surface area contributed by atoms with E-state index in [1.165, 1.54) is 12.1 Å². The van der Waals surface area contributed by atoms with E-state index in [9.17, 15) is 13.2 Å². The largest absolute Gasteiger partial charge is 0.416 e. The van der Waals surface area contributed by atoms with Crippen molar-refractivity contribution in [1.82, 2.24) is 14.9 Å². The zero-order chi connectivity index (χ0) is 14.2. The average Bonchev–Trinajstić information content (AvgIpc) is 2.82. The molecule has 2 aromatic rings. The summed E-state index contributed by atoms with van der Waals surface area (Å²) in [5, 5.41) is 3.20. The number of aromatic nitrogens is 2. The third kappa shape index (κ3) is 2.43. The molecule has 0 unspecified atom stereocenters. The average molecular weight is 281 g/mol. The van der Waals surface area contributed by atoms with E-state index in [0.29, 0.717) is 6.54 Å². The molecule has 3 nitrogen and oxygen atoms in total. The number of nitrogens with zero attached hydrogens (tertiary/aromatic N) is 2. The summed E-state index contributed by atoms with van der Waals surface area (Å²) in [7, 11) is 0. The van der Waals surface area contributed by atoms with E-state index in [4.69, 9.17) is 0 Å². The molecule has 1 aromatic heterocycles. The first kappa shape index (κ1) is 13.2. The van der Waals surface area contributed by atoms with Crippen LogP contribution in [0.25, 0.3) is 0 Å². The van der Waals surface area contributed by atoms with Gasteiger partial charge in [0.25, 0.3) is 0 Å². The lowest BCUT2D eigenvalue weighted by molar-refractivity contribution is -0.138. The molecule has 0 atom stereocenters. The monoisotopic (exact) mass is 281 g/mol. The Hall–Kier alpha value is -1.82. The quantitative estimate of drug-likeness (QED) is 0.917. The summed E-state index contributed by atoms with van der Waals surface area (Å²) in [6.45, 7) is 1.72. The highest BCUT2D eigenvalue weighted by Gasteiger charge is 2.33. The van der Waals surface area contributed by atoms with Crippen molar-refractivity contribution in [2.24, 2.45) is 0 Å². The molecule has 0 amide bonds.